The third-order valence-corrected chi connectivity index (χ3v) is 3.62. The normalized spacial score (nSPS) is 13.7. The Hall–Kier alpha value is -0.980. The van der Waals surface area contributed by atoms with Crippen LogP contribution in [0.5, 0.6) is 0 Å². The SMILES string of the molecule is CC(C)(C)c1cc(C(C)(C)C)c([NH])c(C(C)(C)C)c1. The van der Waals surface area contributed by atoms with Crippen molar-refractivity contribution >= 4 is 5.69 Å². The first-order chi connectivity index (χ1) is 8.24. The molecule has 0 saturated heterocycles. The molecular formula is C18H30N. The lowest BCUT2D eigenvalue weighted by Crippen LogP contribution is -2.21. The molecule has 0 saturated carbocycles. The second-order valence-electron chi connectivity index (χ2n) is 8.70. The molecule has 0 bridgehead atoms. The number of hydrogen-bond acceptors (Lipinski definition) is 0. The fourth-order valence-corrected chi connectivity index (χ4v) is 2.26. The van der Waals surface area contributed by atoms with Crippen LogP contribution in [0, 0.1) is 0 Å². The topological polar surface area (TPSA) is 23.8 Å². The smallest absolute Gasteiger partial charge is 0.0614 e. The summed E-state index contributed by atoms with van der Waals surface area (Å²) < 4.78 is 0. The van der Waals surface area contributed by atoms with E-state index in [0.29, 0.717) is 5.69 Å². The first-order valence-corrected chi connectivity index (χ1v) is 7.15. The van der Waals surface area contributed by atoms with Crippen LogP contribution in [0.15, 0.2) is 12.1 Å². The highest BCUT2D eigenvalue weighted by atomic mass is 14.6. The van der Waals surface area contributed by atoms with Crippen molar-refractivity contribution in [2.45, 2.75) is 78.6 Å². The summed E-state index contributed by atoms with van der Waals surface area (Å²) >= 11 is 0. The lowest BCUT2D eigenvalue weighted by Gasteiger charge is -2.31. The van der Waals surface area contributed by atoms with E-state index in [1.807, 2.05) is 0 Å². The molecular weight excluding hydrogens is 230 g/mol. The monoisotopic (exact) mass is 260 g/mol. The van der Waals surface area contributed by atoms with Crippen molar-refractivity contribution in [3.63, 3.8) is 0 Å². The van der Waals surface area contributed by atoms with Crippen LogP contribution in [0.2, 0.25) is 0 Å². The lowest BCUT2D eigenvalue weighted by molar-refractivity contribution is 0.549. The standard InChI is InChI=1S/C18H30N/c1-16(2,3)12-10-13(17(4,5)6)15(19)14(11-12)18(7,8)9/h10-11,19H,1-9H3. The summed E-state index contributed by atoms with van der Waals surface area (Å²) in [5, 5.41) is 0. The molecule has 0 amide bonds. The van der Waals surface area contributed by atoms with Crippen molar-refractivity contribution in [1.82, 2.24) is 5.73 Å². The highest BCUT2D eigenvalue weighted by molar-refractivity contribution is 5.59. The van der Waals surface area contributed by atoms with Crippen molar-refractivity contribution in [3.05, 3.63) is 28.8 Å². The Kier molecular flexibility index (Phi) is 3.84. The van der Waals surface area contributed by atoms with Crippen LogP contribution >= 0.6 is 0 Å². The van der Waals surface area contributed by atoms with E-state index in [1.54, 1.807) is 0 Å². The van der Waals surface area contributed by atoms with Gasteiger partial charge in [-0.15, -0.1) is 0 Å². The second-order valence-corrected chi connectivity index (χ2v) is 8.70. The molecule has 0 atom stereocenters. The molecule has 0 spiro atoms. The highest BCUT2D eigenvalue weighted by Gasteiger charge is 2.28. The zero-order chi connectivity index (χ0) is 15.2. The molecule has 0 aliphatic heterocycles. The number of rotatable bonds is 0. The third kappa shape index (κ3) is 3.52. The lowest BCUT2D eigenvalue weighted by atomic mass is 9.74. The minimum atomic E-state index is 0.0122. The third-order valence-electron chi connectivity index (χ3n) is 3.62. The van der Waals surface area contributed by atoms with Crippen LogP contribution in [0.25, 0.3) is 0 Å². The van der Waals surface area contributed by atoms with Crippen molar-refractivity contribution < 1.29 is 0 Å². The second kappa shape index (κ2) is 4.54. The van der Waals surface area contributed by atoms with Gasteiger partial charge in [0.2, 0.25) is 0 Å². The largest absolute Gasteiger partial charge is 0.300 e. The molecule has 0 aliphatic rings. The van der Waals surface area contributed by atoms with Gasteiger partial charge in [-0.05, 0) is 32.9 Å². The molecule has 1 rings (SSSR count). The van der Waals surface area contributed by atoms with E-state index in [-0.39, 0.29) is 16.2 Å². The number of hydrogen-bond donors (Lipinski definition) is 0. The van der Waals surface area contributed by atoms with Gasteiger partial charge in [-0.25, -0.2) is 0 Å². The van der Waals surface area contributed by atoms with Gasteiger partial charge in [0.05, 0.1) is 5.69 Å². The predicted molar refractivity (Wildman–Crippen MR) is 85.3 cm³/mol. The van der Waals surface area contributed by atoms with E-state index in [0.717, 1.165) is 11.1 Å². The summed E-state index contributed by atoms with van der Waals surface area (Å²) in [5.74, 6) is 0. The minimum Gasteiger partial charge on any atom is -0.300 e. The zero-order valence-corrected chi connectivity index (χ0v) is 14.2. The number of nitrogens with one attached hydrogen (secondary N) is 1. The summed E-state index contributed by atoms with van der Waals surface area (Å²) in [6.07, 6.45) is 0. The van der Waals surface area contributed by atoms with Gasteiger partial charge in [-0.2, -0.15) is 0 Å². The molecule has 0 heterocycles. The van der Waals surface area contributed by atoms with Crippen molar-refractivity contribution in [2.24, 2.45) is 0 Å². The fourth-order valence-electron chi connectivity index (χ4n) is 2.26. The van der Waals surface area contributed by atoms with Crippen LogP contribution in [-0.2, 0) is 16.2 Å². The van der Waals surface area contributed by atoms with Crippen LogP contribution in [0.4, 0.5) is 5.69 Å². The molecule has 1 N–H and O–H groups in total. The molecule has 1 heteroatoms. The van der Waals surface area contributed by atoms with Gasteiger partial charge in [0.25, 0.3) is 0 Å². The molecule has 1 aromatic rings. The van der Waals surface area contributed by atoms with E-state index in [9.17, 15) is 0 Å². The van der Waals surface area contributed by atoms with E-state index < -0.39 is 0 Å². The van der Waals surface area contributed by atoms with Crippen LogP contribution < -0.4 is 5.73 Å². The van der Waals surface area contributed by atoms with Gasteiger partial charge < -0.3 is 5.73 Å². The van der Waals surface area contributed by atoms with Gasteiger partial charge in [-0.3, -0.25) is 0 Å². The van der Waals surface area contributed by atoms with Gasteiger partial charge in [0.15, 0.2) is 0 Å². The van der Waals surface area contributed by atoms with Gasteiger partial charge in [0.1, 0.15) is 0 Å². The Morgan fingerprint density at radius 2 is 0.947 bits per heavy atom. The molecule has 0 fully saturated rings. The molecule has 0 aliphatic carbocycles. The van der Waals surface area contributed by atoms with Gasteiger partial charge in [0, 0.05) is 0 Å². The Bertz CT molecular complexity index is 427. The van der Waals surface area contributed by atoms with Crippen LogP contribution in [0.1, 0.15) is 79.0 Å². The fraction of sp³-hybridized carbons (Fsp3) is 0.667. The molecule has 0 unspecified atom stereocenters. The van der Waals surface area contributed by atoms with E-state index in [4.69, 9.17) is 5.73 Å². The summed E-state index contributed by atoms with van der Waals surface area (Å²) in [6.45, 7) is 19.9. The van der Waals surface area contributed by atoms with Crippen molar-refractivity contribution in [3.8, 4) is 0 Å². The van der Waals surface area contributed by atoms with Gasteiger partial charge >= 0.3 is 0 Å². The van der Waals surface area contributed by atoms with E-state index in [2.05, 4.69) is 74.4 Å². The molecule has 19 heavy (non-hydrogen) atoms. The Balaban J connectivity index is 3.68. The highest BCUT2D eigenvalue weighted by Crippen LogP contribution is 2.40. The average molecular weight is 260 g/mol. The van der Waals surface area contributed by atoms with E-state index in [1.165, 1.54) is 5.56 Å². The first-order valence-electron chi connectivity index (χ1n) is 7.15. The molecule has 1 nitrogen and oxygen atoms in total. The van der Waals surface area contributed by atoms with E-state index >= 15 is 0 Å². The summed E-state index contributed by atoms with van der Waals surface area (Å²) in [6, 6.07) is 4.47. The minimum absolute atomic E-state index is 0.0122. The van der Waals surface area contributed by atoms with Gasteiger partial charge in [-0.1, -0.05) is 74.4 Å². The molecule has 0 aromatic heterocycles. The van der Waals surface area contributed by atoms with Crippen molar-refractivity contribution in [2.75, 3.05) is 0 Å². The summed E-state index contributed by atoms with van der Waals surface area (Å²) in [4.78, 5) is 0. The maximum atomic E-state index is 8.56. The molecule has 1 aromatic carbocycles. The Morgan fingerprint density at radius 3 is 1.16 bits per heavy atom. The summed E-state index contributed by atoms with van der Waals surface area (Å²) in [5.41, 5.74) is 13.1. The van der Waals surface area contributed by atoms with Crippen LogP contribution in [0.3, 0.4) is 0 Å². The first kappa shape index (κ1) is 16.1. The summed E-state index contributed by atoms with van der Waals surface area (Å²) in [7, 11) is 0. The average Bonchev–Trinajstić information content (AvgIpc) is 2.11. The molecule has 1 radical (unpaired) electrons. The quantitative estimate of drug-likeness (QED) is 0.588. The zero-order valence-electron chi connectivity index (χ0n) is 14.2. The number of benzene rings is 1. The Labute approximate surface area is 119 Å². The maximum Gasteiger partial charge on any atom is 0.0614 e. The Morgan fingerprint density at radius 1 is 0.632 bits per heavy atom. The molecule has 107 valence electrons. The van der Waals surface area contributed by atoms with Crippen LogP contribution in [-0.4, -0.2) is 0 Å². The predicted octanol–water partition coefficient (Wildman–Crippen LogP) is 5.49. The maximum absolute atomic E-state index is 8.56. The van der Waals surface area contributed by atoms with Crippen molar-refractivity contribution in [1.29, 1.82) is 0 Å².